The predicted molar refractivity (Wildman–Crippen MR) is 140 cm³/mol. The number of nitrogens with one attached hydrogen (secondary N) is 1. The molecule has 0 spiro atoms. The summed E-state index contributed by atoms with van der Waals surface area (Å²) in [5, 5.41) is 0.834. The topological polar surface area (TPSA) is 104 Å². The van der Waals surface area contributed by atoms with Crippen LogP contribution in [0, 0.1) is 6.92 Å². The molecule has 0 amide bonds. The average molecular weight is 510 g/mol. The van der Waals surface area contributed by atoms with Crippen LogP contribution in [-0.2, 0) is 4.79 Å². The second-order valence-electron chi connectivity index (χ2n) is 9.25. The van der Waals surface area contributed by atoms with Crippen molar-refractivity contribution < 1.29 is 28.5 Å². The molecule has 0 bridgehead atoms. The van der Waals surface area contributed by atoms with Gasteiger partial charge in [0.25, 0.3) is 5.56 Å². The Morgan fingerprint density at radius 2 is 1.82 bits per heavy atom. The molecule has 190 valence electrons. The van der Waals surface area contributed by atoms with Crippen molar-refractivity contribution in [2.45, 2.75) is 19.3 Å². The van der Waals surface area contributed by atoms with E-state index in [2.05, 4.69) is 4.98 Å². The molecule has 2 aliphatic rings. The summed E-state index contributed by atoms with van der Waals surface area (Å²) < 4.78 is 22.5. The number of aryl methyl sites for hydroxylation is 1. The Kier molecular flexibility index (Phi) is 5.52. The smallest absolute Gasteiger partial charge is 0.312 e. The maximum absolute atomic E-state index is 13.4. The molecular formula is C30H23NO7. The van der Waals surface area contributed by atoms with E-state index in [1.807, 2.05) is 25.1 Å². The number of ether oxygens (including phenoxy) is 4. The Hall–Kier alpha value is -4.85. The summed E-state index contributed by atoms with van der Waals surface area (Å²) in [6.07, 6.45) is 1.52. The molecule has 4 aromatic rings. The number of aromatic nitrogens is 1. The van der Waals surface area contributed by atoms with Gasteiger partial charge in [0, 0.05) is 28.1 Å². The number of pyridine rings is 1. The van der Waals surface area contributed by atoms with Crippen molar-refractivity contribution in [3.8, 4) is 23.0 Å². The highest BCUT2D eigenvalue weighted by molar-refractivity contribution is 6.15. The van der Waals surface area contributed by atoms with Gasteiger partial charge in [0.2, 0.25) is 5.78 Å². The number of hydrogen-bond donors (Lipinski definition) is 1. The van der Waals surface area contributed by atoms with E-state index in [0.29, 0.717) is 39.3 Å². The molecule has 0 radical (unpaired) electrons. The Balaban J connectivity index is 1.49. The molecule has 38 heavy (non-hydrogen) atoms. The third kappa shape index (κ3) is 3.73. The van der Waals surface area contributed by atoms with Crippen LogP contribution in [0.3, 0.4) is 0 Å². The lowest BCUT2D eigenvalue weighted by Crippen LogP contribution is -2.26. The molecule has 8 nitrogen and oxygen atoms in total. The first-order chi connectivity index (χ1) is 18.4. The maximum Gasteiger partial charge on any atom is 0.312 e. The first kappa shape index (κ1) is 23.5. The van der Waals surface area contributed by atoms with Crippen LogP contribution in [0.4, 0.5) is 0 Å². The number of Topliss-reactive ketones (excluding diaryl/α,β-unsaturated/α-hetero) is 1. The molecule has 6 rings (SSSR count). The summed E-state index contributed by atoms with van der Waals surface area (Å²) in [6.45, 7) is 1.95. The Labute approximate surface area is 217 Å². The minimum Gasteiger partial charge on any atom is -0.493 e. The number of benzene rings is 3. The van der Waals surface area contributed by atoms with Crippen LogP contribution in [0.25, 0.3) is 17.0 Å². The summed E-state index contributed by atoms with van der Waals surface area (Å²) in [5.41, 5.74) is 3.23. The van der Waals surface area contributed by atoms with Crippen LogP contribution in [0.1, 0.15) is 45.0 Å². The summed E-state index contributed by atoms with van der Waals surface area (Å²) in [4.78, 5) is 42.1. The van der Waals surface area contributed by atoms with Crippen LogP contribution in [0.5, 0.6) is 23.0 Å². The summed E-state index contributed by atoms with van der Waals surface area (Å²) in [5.74, 6) is 0.149. The minimum absolute atomic E-state index is 0.0653. The molecule has 1 atom stereocenters. The van der Waals surface area contributed by atoms with Gasteiger partial charge >= 0.3 is 5.97 Å². The summed E-state index contributed by atoms with van der Waals surface area (Å²) in [7, 11) is 3.05. The Morgan fingerprint density at radius 3 is 2.61 bits per heavy atom. The number of ketones is 1. The fraction of sp³-hybridized carbons (Fsp3) is 0.167. The first-order valence-corrected chi connectivity index (χ1v) is 12.0. The van der Waals surface area contributed by atoms with Gasteiger partial charge in [-0.3, -0.25) is 14.4 Å². The Bertz CT molecular complexity index is 1750. The number of carbonyl (C=O) groups is 2. The van der Waals surface area contributed by atoms with Crippen molar-refractivity contribution >= 4 is 28.7 Å². The highest BCUT2D eigenvalue weighted by Crippen LogP contribution is 2.49. The van der Waals surface area contributed by atoms with E-state index in [9.17, 15) is 14.4 Å². The van der Waals surface area contributed by atoms with Crippen molar-refractivity contribution in [2.75, 3.05) is 14.2 Å². The van der Waals surface area contributed by atoms with E-state index >= 15 is 0 Å². The number of esters is 1. The van der Waals surface area contributed by atoms with Gasteiger partial charge in [0.15, 0.2) is 17.3 Å². The van der Waals surface area contributed by atoms with Gasteiger partial charge in [0.1, 0.15) is 11.5 Å². The third-order valence-electron chi connectivity index (χ3n) is 6.91. The highest BCUT2D eigenvalue weighted by Gasteiger charge is 2.39. The molecule has 0 unspecified atom stereocenters. The van der Waals surface area contributed by atoms with Crippen LogP contribution in [0.2, 0.25) is 0 Å². The standard InChI is InChI=1S/C30H23NO7/c1-15-7-8-16-12-20(30(34)31-21(16)11-15)19-14-25(32)37-22-10-9-18-27(33)24(38-29(18)26(19)22)13-17-5-4-6-23(35-2)28(17)36-3/h4-13,19H,14H2,1-3H3,(H,31,34)/b24-13-/t19-/m0/s1. The van der Waals surface area contributed by atoms with Gasteiger partial charge in [-0.2, -0.15) is 0 Å². The molecule has 1 aromatic heterocycles. The zero-order chi connectivity index (χ0) is 26.6. The molecule has 1 N–H and O–H groups in total. The lowest BCUT2D eigenvalue weighted by molar-refractivity contribution is -0.135. The van der Waals surface area contributed by atoms with Gasteiger partial charge in [-0.25, -0.2) is 0 Å². The van der Waals surface area contributed by atoms with Gasteiger partial charge in [-0.1, -0.05) is 24.3 Å². The number of allylic oxidation sites excluding steroid dienone is 1. The molecule has 3 heterocycles. The van der Waals surface area contributed by atoms with E-state index in [1.165, 1.54) is 14.2 Å². The van der Waals surface area contributed by atoms with Gasteiger partial charge in [-0.15, -0.1) is 0 Å². The van der Waals surface area contributed by atoms with Crippen molar-refractivity contribution in [3.05, 3.63) is 98.5 Å². The average Bonchev–Trinajstić information content (AvgIpc) is 3.22. The number of methoxy groups -OCH3 is 2. The predicted octanol–water partition coefficient (Wildman–Crippen LogP) is 4.91. The largest absolute Gasteiger partial charge is 0.493 e. The number of H-pyrrole nitrogens is 1. The van der Waals surface area contributed by atoms with E-state index < -0.39 is 11.9 Å². The molecule has 8 heteroatoms. The number of carbonyl (C=O) groups excluding carboxylic acids is 2. The zero-order valence-electron chi connectivity index (χ0n) is 20.9. The van der Waals surface area contributed by atoms with E-state index in [4.69, 9.17) is 18.9 Å². The fourth-order valence-corrected chi connectivity index (χ4v) is 5.13. The highest BCUT2D eigenvalue weighted by atomic mass is 16.5. The summed E-state index contributed by atoms with van der Waals surface area (Å²) >= 11 is 0. The third-order valence-corrected chi connectivity index (χ3v) is 6.91. The van der Waals surface area contributed by atoms with Crippen LogP contribution < -0.4 is 24.5 Å². The number of fused-ring (bicyclic) bond motifs is 4. The molecule has 0 fully saturated rings. The SMILES string of the molecule is COc1cccc(/C=C2\Oc3c(ccc4c3[C@H](c3cc5ccc(C)cc5[nH]c3=O)CC(=O)O4)C2=O)c1OC. The van der Waals surface area contributed by atoms with Crippen LogP contribution in [0.15, 0.2) is 65.2 Å². The minimum atomic E-state index is -0.658. The molecule has 3 aromatic carbocycles. The quantitative estimate of drug-likeness (QED) is 0.237. The van der Waals surface area contributed by atoms with E-state index in [1.54, 1.807) is 42.5 Å². The number of hydrogen-bond acceptors (Lipinski definition) is 7. The molecule has 0 aliphatic carbocycles. The monoisotopic (exact) mass is 509 g/mol. The van der Waals surface area contributed by atoms with Crippen molar-refractivity contribution in [2.24, 2.45) is 0 Å². The Morgan fingerprint density at radius 1 is 0.974 bits per heavy atom. The van der Waals surface area contributed by atoms with Crippen LogP contribution in [-0.4, -0.2) is 31.0 Å². The van der Waals surface area contributed by atoms with Crippen molar-refractivity contribution in [3.63, 3.8) is 0 Å². The zero-order valence-corrected chi connectivity index (χ0v) is 20.9. The number of aromatic amines is 1. The second kappa shape index (κ2) is 8.92. The van der Waals surface area contributed by atoms with Crippen LogP contribution >= 0.6 is 0 Å². The number of para-hydroxylation sites is 1. The lowest BCUT2D eigenvalue weighted by Gasteiger charge is -2.26. The lowest BCUT2D eigenvalue weighted by atomic mass is 9.84. The fourth-order valence-electron chi connectivity index (χ4n) is 5.13. The molecule has 0 saturated carbocycles. The molecule has 2 aliphatic heterocycles. The summed E-state index contributed by atoms with van der Waals surface area (Å²) in [6, 6.07) is 16.0. The van der Waals surface area contributed by atoms with Gasteiger partial charge < -0.3 is 23.9 Å². The van der Waals surface area contributed by atoms with Crippen molar-refractivity contribution in [1.82, 2.24) is 4.98 Å². The molecular weight excluding hydrogens is 486 g/mol. The van der Waals surface area contributed by atoms with Gasteiger partial charge in [-0.05, 0) is 54.3 Å². The van der Waals surface area contributed by atoms with E-state index in [0.717, 1.165) is 10.9 Å². The van der Waals surface area contributed by atoms with E-state index in [-0.39, 0.29) is 35.0 Å². The molecule has 0 saturated heterocycles. The van der Waals surface area contributed by atoms with Gasteiger partial charge in [0.05, 0.1) is 26.2 Å². The van der Waals surface area contributed by atoms with Crippen molar-refractivity contribution in [1.29, 1.82) is 0 Å². The normalized spacial score (nSPS) is 17.1. The number of rotatable bonds is 4. The second-order valence-corrected chi connectivity index (χ2v) is 9.25. The first-order valence-electron chi connectivity index (χ1n) is 12.0. The maximum atomic E-state index is 13.4.